The van der Waals surface area contributed by atoms with E-state index in [1.54, 1.807) is 19.1 Å². The monoisotopic (exact) mass is 292 g/mol. The molecule has 2 fully saturated rings. The first-order valence-electron chi connectivity index (χ1n) is 6.62. The van der Waals surface area contributed by atoms with Crippen molar-refractivity contribution < 1.29 is 23.5 Å². The lowest BCUT2D eigenvalue weighted by Crippen LogP contribution is -2.53. The molecule has 0 aromatic carbocycles. The van der Waals surface area contributed by atoms with Crippen molar-refractivity contribution in [2.75, 3.05) is 14.2 Å². The van der Waals surface area contributed by atoms with Gasteiger partial charge in [-0.15, -0.1) is 0 Å². The van der Waals surface area contributed by atoms with Gasteiger partial charge in [-0.25, -0.2) is 0 Å². The second-order valence-electron chi connectivity index (χ2n) is 5.57. The van der Waals surface area contributed by atoms with E-state index in [9.17, 15) is 14.4 Å². The highest BCUT2D eigenvalue weighted by Crippen LogP contribution is 2.48. The first-order valence-corrected chi connectivity index (χ1v) is 6.62. The fourth-order valence-corrected chi connectivity index (χ4v) is 3.39. The molecule has 1 aromatic heterocycles. The molecule has 1 N–H and O–H groups in total. The van der Waals surface area contributed by atoms with Crippen LogP contribution >= 0.6 is 0 Å². The van der Waals surface area contributed by atoms with Gasteiger partial charge in [-0.05, 0) is 19.1 Å². The van der Waals surface area contributed by atoms with Gasteiger partial charge in [-0.3, -0.25) is 24.6 Å². The van der Waals surface area contributed by atoms with Crippen molar-refractivity contribution >= 4 is 17.8 Å². The highest BCUT2D eigenvalue weighted by Gasteiger charge is 2.66. The van der Waals surface area contributed by atoms with E-state index in [1.165, 1.54) is 20.4 Å². The maximum absolute atomic E-state index is 12.4. The van der Waals surface area contributed by atoms with Crippen molar-refractivity contribution in [2.45, 2.75) is 18.5 Å². The van der Waals surface area contributed by atoms with Gasteiger partial charge in [0.05, 0.1) is 31.3 Å². The molecule has 4 atom stereocenters. The first kappa shape index (κ1) is 13.8. The smallest absolute Gasteiger partial charge is 0.326 e. The van der Waals surface area contributed by atoms with E-state index in [-0.39, 0.29) is 11.8 Å². The Morgan fingerprint density at radius 2 is 2.14 bits per heavy atom. The number of fused-ring (bicyclic) bond motifs is 1. The van der Waals surface area contributed by atoms with Crippen LogP contribution < -0.4 is 5.32 Å². The summed E-state index contributed by atoms with van der Waals surface area (Å²) in [4.78, 5) is 38.0. The molecule has 0 saturated carbocycles. The summed E-state index contributed by atoms with van der Waals surface area (Å²) in [7, 11) is 2.69. The molecule has 7 nitrogen and oxygen atoms in total. The lowest BCUT2D eigenvalue weighted by molar-refractivity contribution is -0.152. The van der Waals surface area contributed by atoms with Gasteiger partial charge in [-0.1, -0.05) is 0 Å². The molecular formula is C14H16N2O5. The Bertz CT molecular complexity index is 611. The lowest BCUT2D eigenvalue weighted by Gasteiger charge is -2.27. The first-order chi connectivity index (χ1) is 9.91. The summed E-state index contributed by atoms with van der Waals surface area (Å²) < 4.78 is 10.2. The van der Waals surface area contributed by atoms with Crippen LogP contribution in [0.4, 0.5) is 0 Å². The summed E-state index contributed by atoms with van der Waals surface area (Å²) >= 11 is 0. The number of furan rings is 1. The Balaban J connectivity index is 2.10. The van der Waals surface area contributed by atoms with Crippen LogP contribution in [-0.4, -0.2) is 42.4 Å². The number of hydrogen-bond donors (Lipinski definition) is 1. The number of rotatable bonds is 2. The SMILES string of the molecule is COC(=O)[C@]1(C)N[C@@H](c2ccco2)[C@H]2C(=O)N(C)C(=O)[C@@H]21. The van der Waals surface area contributed by atoms with Crippen molar-refractivity contribution in [3.63, 3.8) is 0 Å². The van der Waals surface area contributed by atoms with E-state index in [2.05, 4.69) is 5.32 Å². The van der Waals surface area contributed by atoms with Crippen LogP contribution in [0.15, 0.2) is 22.8 Å². The number of amides is 2. The minimum atomic E-state index is -1.26. The third-order valence-electron chi connectivity index (χ3n) is 4.47. The molecule has 21 heavy (non-hydrogen) atoms. The molecule has 2 amide bonds. The fourth-order valence-electron chi connectivity index (χ4n) is 3.39. The molecule has 3 heterocycles. The summed E-state index contributed by atoms with van der Waals surface area (Å²) in [6.07, 6.45) is 1.49. The van der Waals surface area contributed by atoms with Gasteiger partial charge in [0.15, 0.2) is 0 Å². The molecule has 7 heteroatoms. The number of methoxy groups -OCH3 is 1. The van der Waals surface area contributed by atoms with Gasteiger partial charge < -0.3 is 9.15 Å². The highest BCUT2D eigenvalue weighted by atomic mass is 16.5. The molecule has 0 unspecified atom stereocenters. The number of likely N-dealkylation sites (tertiary alicyclic amines) is 1. The molecule has 2 aliphatic heterocycles. The molecule has 112 valence electrons. The quantitative estimate of drug-likeness (QED) is 0.614. The second-order valence-corrected chi connectivity index (χ2v) is 5.57. The number of carbonyl (C=O) groups is 3. The van der Waals surface area contributed by atoms with Crippen LogP contribution in [0.25, 0.3) is 0 Å². The van der Waals surface area contributed by atoms with Crippen molar-refractivity contribution in [3.8, 4) is 0 Å². The molecule has 0 radical (unpaired) electrons. The standard InChI is InChI=1S/C14H16N2O5/c1-14(13(19)20-3)9-8(11(17)16(2)12(9)18)10(15-14)7-5-4-6-21-7/h4-6,8-10,15H,1-3H3/t8-,9+,10-,14+/m0/s1. The Morgan fingerprint density at radius 3 is 2.71 bits per heavy atom. The molecule has 2 saturated heterocycles. The van der Waals surface area contributed by atoms with Crippen molar-refractivity contribution in [2.24, 2.45) is 11.8 Å². The maximum Gasteiger partial charge on any atom is 0.326 e. The topological polar surface area (TPSA) is 88.8 Å². The zero-order valence-corrected chi connectivity index (χ0v) is 12.0. The Labute approximate surface area is 121 Å². The summed E-state index contributed by atoms with van der Waals surface area (Å²) in [5, 5.41) is 3.07. The zero-order chi connectivity index (χ0) is 15.4. The normalized spacial score (nSPS) is 35.2. The second kappa shape index (κ2) is 4.42. The maximum atomic E-state index is 12.4. The number of nitrogens with zero attached hydrogens (tertiary/aromatic N) is 1. The van der Waals surface area contributed by atoms with E-state index in [4.69, 9.17) is 9.15 Å². The lowest BCUT2D eigenvalue weighted by atomic mass is 9.81. The Hall–Kier alpha value is -2.15. The number of ether oxygens (including phenoxy) is 1. The molecular weight excluding hydrogens is 276 g/mol. The van der Waals surface area contributed by atoms with Crippen LogP contribution in [0.3, 0.4) is 0 Å². The van der Waals surface area contributed by atoms with Gasteiger partial charge in [-0.2, -0.15) is 0 Å². The van der Waals surface area contributed by atoms with Gasteiger partial charge in [0.2, 0.25) is 11.8 Å². The largest absolute Gasteiger partial charge is 0.468 e. The van der Waals surface area contributed by atoms with Gasteiger partial charge in [0.1, 0.15) is 11.3 Å². The fraction of sp³-hybridized carbons (Fsp3) is 0.500. The number of nitrogens with one attached hydrogen (secondary N) is 1. The minimum absolute atomic E-state index is 0.313. The van der Waals surface area contributed by atoms with E-state index < -0.39 is 29.4 Å². The van der Waals surface area contributed by atoms with Crippen LogP contribution in [0, 0.1) is 11.8 Å². The molecule has 0 aliphatic carbocycles. The third kappa shape index (κ3) is 1.67. The summed E-state index contributed by atoms with van der Waals surface area (Å²) in [6.45, 7) is 1.59. The van der Waals surface area contributed by atoms with E-state index >= 15 is 0 Å². The van der Waals surface area contributed by atoms with Crippen LogP contribution in [-0.2, 0) is 19.1 Å². The van der Waals surface area contributed by atoms with Gasteiger partial charge in [0.25, 0.3) is 0 Å². The molecule has 0 bridgehead atoms. The van der Waals surface area contributed by atoms with E-state index in [0.29, 0.717) is 5.76 Å². The number of hydrogen-bond acceptors (Lipinski definition) is 6. The predicted molar refractivity (Wildman–Crippen MR) is 69.8 cm³/mol. The van der Waals surface area contributed by atoms with Crippen LogP contribution in [0.1, 0.15) is 18.7 Å². The number of imide groups is 1. The van der Waals surface area contributed by atoms with E-state index in [0.717, 1.165) is 4.90 Å². The van der Waals surface area contributed by atoms with Crippen molar-refractivity contribution in [3.05, 3.63) is 24.2 Å². The average Bonchev–Trinajstić information content (AvgIpc) is 3.14. The van der Waals surface area contributed by atoms with Crippen LogP contribution in [0.2, 0.25) is 0 Å². The third-order valence-corrected chi connectivity index (χ3v) is 4.47. The van der Waals surface area contributed by atoms with E-state index in [1.807, 2.05) is 0 Å². The van der Waals surface area contributed by atoms with Gasteiger partial charge in [0, 0.05) is 7.05 Å². The highest BCUT2D eigenvalue weighted by molar-refractivity contribution is 6.09. The molecule has 2 aliphatic rings. The summed E-state index contributed by atoms with van der Waals surface area (Å²) in [5.41, 5.74) is -1.26. The molecule has 0 spiro atoms. The Kier molecular flexibility index (Phi) is 2.91. The predicted octanol–water partition coefficient (Wildman–Crippen LogP) is 0.0866. The average molecular weight is 292 g/mol. The van der Waals surface area contributed by atoms with Crippen LogP contribution in [0.5, 0.6) is 0 Å². The zero-order valence-electron chi connectivity index (χ0n) is 12.0. The molecule has 3 rings (SSSR count). The number of esters is 1. The minimum Gasteiger partial charge on any atom is -0.468 e. The summed E-state index contributed by atoms with van der Waals surface area (Å²) in [6, 6.07) is 2.88. The molecule has 1 aromatic rings. The van der Waals surface area contributed by atoms with Gasteiger partial charge >= 0.3 is 5.97 Å². The van der Waals surface area contributed by atoms with Crippen molar-refractivity contribution in [1.82, 2.24) is 10.2 Å². The number of carbonyl (C=O) groups excluding carboxylic acids is 3. The van der Waals surface area contributed by atoms with Crippen molar-refractivity contribution in [1.29, 1.82) is 0 Å². The Morgan fingerprint density at radius 1 is 1.43 bits per heavy atom. The summed E-state index contributed by atoms with van der Waals surface area (Å²) in [5.74, 6) is -2.20.